The Balaban J connectivity index is 2.59. The van der Waals surface area contributed by atoms with E-state index in [1.165, 1.54) is 0 Å². The average molecular weight is 333 g/mol. The fourth-order valence-corrected chi connectivity index (χ4v) is 2.34. The van der Waals surface area contributed by atoms with Gasteiger partial charge in [-0.05, 0) is 33.1 Å². The van der Waals surface area contributed by atoms with Crippen LogP contribution in [0.2, 0.25) is 0 Å². The number of anilines is 3. The van der Waals surface area contributed by atoms with Gasteiger partial charge in [-0.25, -0.2) is 15.0 Å². The molecule has 24 heavy (non-hydrogen) atoms. The van der Waals surface area contributed by atoms with Crippen molar-refractivity contribution in [2.24, 2.45) is 0 Å². The van der Waals surface area contributed by atoms with Crippen LogP contribution in [0.3, 0.4) is 0 Å². The number of fused-ring (bicyclic) bond motifs is 1. The van der Waals surface area contributed by atoms with Crippen molar-refractivity contribution >= 4 is 28.7 Å². The highest BCUT2D eigenvalue weighted by Crippen LogP contribution is 2.24. The van der Waals surface area contributed by atoms with E-state index < -0.39 is 0 Å². The molecule has 0 fully saturated rings. The lowest BCUT2D eigenvalue weighted by molar-refractivity contribution is 0.288. The lowest BCUT2D eigenvalue weighted by Crippen LogP contribution is -2.12. The first kappa shape index (κ1) is 18.1. The van der Waals surface area contributed by atoms with Crippen molar-refractivity contribution in [3.63, 3.8) is 0 Å². The van der Waals surface area contributed by atoms with E-state index in [1.807, 2.05) is 13.8 Å². The first-order valence-electron chi connectivity index (χ1n) is 8.64. The van der Waals surface area contributed by atoms with Gasteiger partial charge in [0.2, 0.25) is 11.9 Å². The molecule has 0 aliphatic heterocycles. The third-order valence-corrected chi connectivity index (χ3v) is 3.40. The highest BCUT2D eigenvalue weighted by atomic mass is 16.2. The quantitative estimate of drug-likeness (QED) is 0.523. The molecule has 8 nitrogen and oxygen atoms in total. The summed E-state index contributed by atoms with van der Waals surface area (Å²) in [5.41, 5.74) is 2.27. The summed E-state index contributed by atoms with van der Waals surface area (Å²) in [5.74, 6) is 1.84. The Morgan fingerprint density at radius 1 is 0.833 bits per heavy atom. The van der Waals surface area contributed by atoms with Crippen LogP contribution in [0.25, 0.3) is 11.0 Å². The highest BCUT2D eigenvalue weighted by molar-refractivity contribution is 5.88. The SMILES string of the molecule is CCCNc1nc(NCC)nc2c(CCCO)nc(NCC)nc12. The fraction of sp³-hybridized carbons (Fsp3) is 0.625. The molecular formula is C16H27N7O. The summed E-state index contributed by atoms with van der Waals surface area (Å²) >= 11 is 0. The molecule has 2 aromatic rings. The number of aromatic nitrogens is 4. The highest BCUT2D eigenvalue weighted by Gasteiger charge is 2.15. The molecule has 0 unspecified atom stereocenters. The molecule has 0 radical (unpaired) electrons. The first-order valence-corrected chi connectivity index (χ1v) is 8.64. The molecule has 2 rings (SSSR count). The second-order valence-electron chi connectivity index (χ2n) is 5.40. The predicted molar refractivity (Wildman–Crippen MR) is 97.6 cm³/mol. The molecule has 8 heteroatoms. The Morgan fingerprint density at radius 2 is 1.50 bits per heavy atom. The van der Waals surface area contributed by atoms with E-state index in [1.54, 1.807) is 0 Å². The summed E-state index contributed by atoms with van der Waals surface area (Å²) in [6, 6.07) is 0. The first-order chi connectivity index (χ1) is 11.7. The van der Waals surface area contributed by atoms with Crippen molar-refractivity contribution in [3.05, 3.63) is 5.69 Å². The molecule has 0 aliphatic rings. The standard InChI is InChI=1S/C16H27N7O/c1-4-9-19-14-13-12(21-16(23-14)18-6-3)11(8-7-10-24)20-15(22-13)17-5-2/h24H,4-10H2,1-3H3,(H,17,20,22)(H2,18,19,21,23). The summed E-state index contributed by atoms with van der Waals surface area (Å²) in [5, 5.41) is 18.8. The molecule has 0 saturated heterocycles. The zero-order valence-electron chi connectivity index (χ0n) is 14.7. The summed E-state index contributed by atoms with van der Waals surface area (Å²) in [7, 11) is 0. The number of aryl methyl sites for hydroxylation is 1. The van der Waals surface area contributed by atoms with Crippen LogP contribution in [0.5, 0.6) is 0 Å². The summed E-state index contributed by atoms with van der Waals surface area (Å²) in [6.07, 6.45) is 2.27. The van der Waals surface area contributed by atoms with E-state index in [2.05, 4.69) is 42.8 Å². The van der Waals surface area contributed by atoms with Gasteiger partial charge in [0.05, 0.1) is 5.69 Å². The number of hydrogen-bond donors (Lipinski definition) is 4. The maximum absolute atomic E-state index is 9.17. The van der Waals surface area contributed by atoms with Gasteiger partial charge >= 0.3 is 0 Å². The number of nitrogens with one attached hydrogen (secondary N) is 3. The van der Waals surface area contributed by atoms with Gasteiger partial charge in [0, 0.05) is 26.2 Å². The molecule has 2 aromatic heterocycles. The van der Waals surface area contributed by atoms with Crippen LogP contribution in [0.4, 0.5) is 17.7 Å². The van der Waals surface area contributed by atoms with Crippen LogP contribution in [-0.2, 0) is 6.42 Å². The smallest absolute Gasteiger partial charge is 0.225 e. The molecule has 0 saturated carbocycles. The Hall–Kier alpha value is -2.22. The van der Waals surface area contributed by atoms with E-state index in [0.717, 1.165) is 37.3 Å². The Labute approximate surface area is 142 Å². The van der Waals surface area contributed by atoms with Crippen molar-refractivity contribution in [1.82, 2.24) is 19.9 Å². The van der Waals surface area contributed by atoms with Crippen LogP contribution in [-0.4, -0.2) is 51.3 Å². The van der Waals surface area contributed by atoms with Crippen molar-refractivity contribution < 1.29 is 5.11 Å². The zero-order chi connectivity index (χ0) is 17.4. The van der Waals surface area contributed by atoms with Gasteiger partial charge in [0.15, 0.2) is 5.82 Å². The van der Waals surface area contributed by atoms with Crippen molar-refractivity contribution in [2.45, 2.75) is 40.0 Å². The second kappa shape index (κ2) is 9.17. The molecule has 4 N–H and O–H groups in total. The molecule has 0 aliphatic carbocycles. The largest absolute Gasteiger partial charge is 0.396 e. The van der Waals surface area contributed by atoms with E-state index in [-0.39, 0.29) is 6.61 Å². The molecular weight excluding hydrogens is 306 g/mol. The average Bonchev–Trinajstić information content (AvgIpc) is 2.58. The van der Waals surface area contributed by atoms with Crippen LogP contribution < -0.4 is 16.0 Å². The minimum absolute atomic E-state index is 0.119. The maximum Gasteiger partial charge on any atom is 0.225 e. The van der Waals surface area contributed by atoms with Crippen LogP contribution in [0, 0.1) is 0 Å². The molecule has 0 spiro atoms. The zero-order valence-corrected chi connectivity index (χ0v) is 14.7. The number of hydrogen-bond acceptors (Lipinski definition) is 8. The Morgan fingerprint density at radius 3 is 2.12 bits per heavy atom. The predicted octanol–water partition coefficient (Wildman–Crippen LogP) is 2.03. The lowest BCUT2D eigenvalue weighted by Gasteiger charge is -2.13. The van der Waals surface area contributed by atoms with E-state index >= 15 is 0 Å². The number of nitrogens with zero attached hydrogens (tertiary/aromatic N) is 4. The van der Waals surface area contributed by atoms with Gasteiger partial charge in [-0.2, -0.15) is 4.98 Å². The van der Waals surface area contributed by atoms with Crippen LogP contribution >= 0.6 is 0 Å². The Kier molecular flexibility index (Phi) is 6.92. The van der Waals surface area contributed by atoms with Crippen molar-refractivity contribution in [1.29, 1.82) is 0 Å². The minimum Gasteiger partial charge on any atom is -0.396 e. The van der Waals surface area contributed by atoms with Gasteiger partial charge in [-0.15, -0.1) is 0 Å². The molecule has 0 bridgehead atoms. The number of rotatable bonds is 10. The molecule has 0 atom stereocenters. The van der Waals surface area contributed by atoms with Crippen LogP contribution in [0.1, 0.15) is 39.3 Å². The summed E-state index contributed by atoms with van der Waals surface area (Å²) in [6.45, 7) is 8.51. The lowest BCUT2D eigenvalue weighted by atomic mass is 10.2. The fourth-order valence-electron chi connectivity index (χ4n) is 2.34. The topological polar surface area (TPSA) is 108 Å². The molecule has 0 amide bonds. The van der Waals surface area contributed by atoms with Gasteiger partial charge in [-0.3, -0.25) is 0 Å². The molecule has 0 aromatic carbocycles. The summed E-state index contributed by atoms with van der Waals surface area (Å²) < 4.78 is 0. The van der Waals surface area contributed by atoms with Crippen LogP contribution in [0.15, 0.2) is 0 Å². The van der Waals surface area contributed by atoms with E-state index in [9.17, 15) is 0 Å². The van der Waals surface area contributed by atoms with E-state index in [4.69, 9.17) is 5.11 Å². The van der Waals surface area contributed by atoms with Gasteiger partial charge in [0.25, 0.3) is 0 Å². The van der Waals surface area contributed by atoms with Crippen molar-refractivity contribution in [3.8, 4) is 0 Å². The van der Waals surface area contributed by atoms with Gasteiger partial charge in [0.1, 0.15) is 11.0 Å². The monoisotopic (exact) mass is 333 g/mol. The van der Waals surface area contributed by atoms with E-state index in [0.29, 0.717) is 36.1 Å². The number of aliphatic hydroxyl groups is 1. The molecule has 132 valence electrons. The van der Waals surface area contributed by atoms with Gasteiger partial charge in [-0.1, -0.05) is 6.92 Å². The number of aliphatic hydroxyl groups excluding tert-OH is 1. The van der Waals surface area contributed by atoms with Gasteiger partial charge < -0.3 is 21.1 Å². The van der Waals surface area contributed by atoms with Crippen molar-refractivity contribution in [2.75, 3.05) is 42.2 Å². The third kappa shape index (κ3) is 4.41. The molecule has 2 heterocycles. The Bertz CT molecular complexity index is 605. The second-order valence-corrected chi connectivity index (χ2v) is 5.40. The minimum atomic E-state index is 0.119. The third-order valence-electron chi connectivity index (χ3n) is 3.40. The summed E-state index contributed by atoms with van der Waals surface area (Å²) in [4.78, 5) is 18.3. The normalized spacial score (nSPS) is 10.8. The maximum atomic E-state index is 9.17.